The molecule has 1 aliphatic heterocycles. The third-order valence-electron chi connectivity index (χ3n) is 5.36. The van der Waals surface area contributed by atoms with E-state index in [-0.39, 0.29) is 29.2 Å². The number of piperidine rings is 1. The predicted octanol–water partition coefficient (Wildman–Crippen LogP) is 2.21. The number of rotatable bonds is 7. The number of aryl methyl sites for hydroxylation is 2. The highest BCUT2D eigenvalue weighted by Gasteiger charge is 2.26. The minimum absolute atomic E-state index is 0.109. The lowest BCUT2D eigenvalue weighted by molar-refractivity contribution is -0.136. The summed E-state index contributed by atoms with van der Waals surface area (Å²) in [5.74, 6) is -0.254. The zero-order chi connectivity index (χ0) is 22.6. The van der Waals surface area contributed by atoms with Crippen molar-refractivity contribution in [3.8, 4) is 5.75 Å². The van der Waals surface area contributed by atoms with Crippen molar-refractivity contribution < 1.29 is 22.7 Å². The van der Waals surface area contributed by atoms with Crippen molar-refractivity contribution in [2.75, 3.05) is 24.4 Å². The molecule has 166 valence electrons. The predicted molar refractivity (Wildman–Crippen MR) is 117 cm³/mol. The van der Waals surface area contributed by atoms with E-state index in [1.165, 1.54) is 12.1 Å². The maximum absolute atomic E-state index is 12.7. The molecule has 8 nitrogen and oxygen atoms in total. The van der Waals surface area contributed by atoms with Gasteiger partial charge in [-0.05, 0) is 62.6 Å². The Kier molecular flexibility index (Phi) is 6.84. The number of nitrogens with zero attached hydrogens (tertiary/aromatic N) is 1. The maximum Gasteiger partial charge on any atom is 0.261 e. The van der Waals surface area contributed by atoms with Crippen LogP contribution in [0.5, 0.6) is 5.75 Å². The van der Waals surface area contributed by atoms with Gasteiger partial charge in [0.25, 0.3) is 15.9 Å². The van der Waals surface area contributed by atoms with Crippen molar-refractivity contribution in [1.29, 1.82) is 0 Å². The molecule has 3 N–H and O–H groups in total. The molecule has 0 aromatic heterocycles. The van der Waals surface area contributed by atoms with Crippen LogP contribution >= 0.6 is 0 Å². The van der Waals surface area contributed by atoms with Gasteiger partial charge in [-0.3, -0.25) is 14.3 Å². The fraction of sp³-hybridized carbons (Fsp3) is 0.364. The average Bonchev–Trinajstić information content (AvgIpc) is 2.74. The third-order valence-corrected chi connectivity index (χ3v) is 6.74. The van der Waals surface area contributed by atoms with E-state index in [0.29, 0.717) is 42.9 Å². The first kappa shape index (κ1) is 22.6. The van der Waals surface area contributed by atoms with Crippen LogP contribution < -0.4 is 15.2 Å². The summed E-state index contributed by atoms with van der Waals surface area (Å²) in [6.07, 6.45) is 1.11. The Morgan fingerprint density at radius 3 is 2.32 bits per heavy atom. The van der Waals surface area contributed by atoms with E-state index in [0.717, 1.165) is 5.56 Å². The van der Waals surface area contributed by atoms with Gasteiger partial charge in [-0.15, -0.1) is 0 Å². The normalized spacial score (nSPS) is 14.8. The lowest BCUT2D eigenvalue weighted by Crippen LogP contribution is -2.43. The van der Waals surface area contributed by atoms with Crippen molar-refractivity contribution in [2.45, 2.75) is 31.6 Å². The van der Waals surface area contributed by atoms with E-state index in [1.54, 1.807) is 30.0 Å². The zero-order valence-corrected chi connectivity index (χ0v) is 18.4. The van der Waals surface area contributed by atoms with Crippen LogP contribution in [-0.4, -0.2) is 44.8 Å². The van der Waals surface area contributed by atoms with Gasteiger partial charge in [0, 0.05) is 24.7 Å². The molecule has 0 unspecified atom stereocenters. The van der Waals surface area contributed by atoms with Crippen LogP contribution in [0.25, 0.3) is 0 Å². The number of amides is 2. The molecule has 2 aromatic carbocycles. The topological polar surface area (TPSA) is 119 Å². The van der Waals surface area contributed by atoms with E-state index in [9.17, 15) is 18.0 Å². The fourth-order valence-corrected chi connectivity index (χ4v) is 4.57. The molecule has 0 saturated carbocycles. The number of primary amides is 1. The molecule has 2 amide bonds. The molecule has 0 aliphatic carbocycles. The summed E-state index contributed by atoms with van der Waals surface area (Å²) in [4.78, 5) is 25.4. The smallest absolute Gasteiger partial charge is 0.261 e. The number of nitrogens with one attached hydrogen (secondary N) is 1. The molecule has 0 spiro atoms. The van der Waals surface area contributed by atoms with Crippen molar-refractivity contribution in [3.05, 3.63) is 53.6 Å². The highest BCUT2D eigenvalue weighted by atomic mass is 32.2. The second kappa shape index (κ2) is 9.38. The molecule has 31 heavy (non-hydrogen) atoms. The zero-order valence-electron chi connectivity index (χ0n) is 17.6. The lowest BCUT2D eigenvalue weighted by atomic mass is 9.96. The van der Waals surface area contributed by atoms with Crippen LogP contribution in [0, 0.1) is 19.8 Å². The average molecular weight is 446 g/mol. The summed E-state index contributed by atoms with van der Waals surface area (Å²) in [5.41, 5.74) is 7.44. The molecule has 9 heteroatoms. The summed E-state index contributed by atoms with van der Waals surface area (Å²) in [7, 11) is -3.74. The highest BCUT2D eigenvalue weighted by Crippen LogP contribution is 2.24. The molecule has 1 aliphatic rings. The highest BCUT2D eigenvalue weighted by molar-refractivity contribution is 7.92. The van der Waals surface area contributed by atoms with E-state index in [2.05, 4.69) is 4.72 Å². The number of carbonyl (C=O) groups excluding carboxylic acids is 2. The third kappa shape index (κ3) is 5.75. The number of benzene rings is 2. The first-order valence-electron chi connectivity index (χ1n) is 10.1. The van der Waals surface area contributed by atoms with Crippen LogP contribution in [0.3, 0.4) is 0 Å². The van der Waals surface area contributed by atoms with Crippen LogP contribution in [0.15, 0.2) is 47.4 Å². The van der Waals surface area contributed by atoms with Crippen LogP contribution in [-0.2, 0) is 19.6 Å². The Bertz CT molecular complexity index is 1060. The standard InChI is InChI=1S/C22H27N3O5S/c1-15-3-5-18(6-4-15)24-31(28,29)19-7-8-20(16(2)13-19)30-14-21(26)25-11-9-17(10-12-25)22(23)27/h3-8,13,17,24H,9-12,14H2,1-2H3,(H2,23,27). The van der Waals surface area contributed by atoms with Gasteiger partial charge < -0.3 is 15.4 Å². The molecular weight excluding hydrogens is 418 g/mol. The number of sulfonamides is 1. The van der Waals surface area contributed by atoms with Crippen molar-refractivity contribution >= 4 is 27.5 Å². The first-order chi connectivity index (χ1) is 14.7. The van der Waals surface area contributed by atoms with Gasteiger partial charge in [0.2, 0.25) is 5.91 Å². The molecular formula is C22H27N3O5S. The Hall–Kier alpha value is -3.07. The number of carbonyl (C=O) groups is 2. The Morgan fingerprint density at radius 2 is 1.74 bits per heavy atom. The van der Waals surface area contributed by atoms with Crippen molar-refractivity contribution in [1.82, 2.24) is 4.90 Å². The number of hydrogen-bond donors (Lipinski definition) is 2. The van der Waals surface area contributed by atoms with Gasteiger partial charge in [0.05, 0.1) is 4.90 Å². The Balaban J connectivity index is 1.59. The Labute approximate surface area is 182 Å². The van der Waals surface area contributed by atoms with E-state index in [4.69, 9.17) is 10.5 Å². The summed E-state index contributed by atoms with van der Waals surface area (Å²) in [6, 6.07) is 11.6. The van der Waals surface area contributed by atoms with Gasteiger partial charge in [-0.1, -0.05) is 17.7 Å². The molecule has 0 radical (unpaired) electrons. The number of hydrogen-bond acceptors (Lipinski definition) is 5. The second-order valence-corrected chi connectivity index (χ2v) is 9.43. The molecule has 1 heterocycles. The van der Waals surface area contributed by atoms with Gasteiger partial charge in [-0.25, -0.2) is 8.42 Å². The molecule has 0 bridgehead atoms. The van der Waals surface area contributed by atoms with E-state index in [1.807, 2.05) is 19.1 Å². The monoisotopic (exact) mass is 445 g/mol. The summed E-state index contributed by atoms with van der Waals surface area (Å²) in [5, 5.41) is 0. The fourth-order valence-electron chi connectivity index (χ4n) is 3.43. The molecule has 3 rings (SSSR count). The van der Waals surface area contributed by atoms with E-state index >= 15 is 0 Å². The molecule has 0 atom stereocenters. The number of likely N-dealkylation sites (tertiary alicyclic amines) is 1. The number of ether oxygens (including phenoxy) is 1. The lowest BCUT2D eigenvalue weighted by Gasteiger charge is -2.30. The summed E-state index contributed by atoms with van der Waals surface area (Å²) in [6.45, 7) is 4.43. The summed E-state index contributed by atoms with van der Waals surface area (Å²) < 4.78 is 33.5. The minimum atomic E-state index is -3.74. The SMILES string of the molecule is Cc1ccc(NS(=O)(=O)c2ccc(OCC(=O)N3CCC(C(N)=O)CC3)c(C)c2)cc1. The Morgan fingerprint density at radius 1 is 1.10 bits per heavy atom. The maximum atomic E-state index is 12.7. The molecule has 1 saturated heterocycles. The van der Waals surface area contributed by atoms with Gasteiger partial charge >= 0.3 is 0 Å². The minimum Gasteiger partial charge on any atom is -0.483 e. The second-order valence-electron chi connectivity index (χ2n) is 7.74. The van der Waals surface area contributed by atoms with E-state index < -0.39 is 10.0 Å². The largest absolute Gasteiger partial charge is 0.483 e. The summed E-state index contributed by atoms with van der Waals surface area (Å²) >= 11 is 0. The van der Waals surface area contributed by atoms with Gasteiger partial charge in [0.15, 0.2) is 6.61 Å². The van der Waals surface area contributed by atoms with Crippen LogP contribution in [0.1, 0.15) is 24.0 Å². The quantitative estimate of drug-likeness (QED) is 0.677. The van der Waals surface area contributed by atoms with Crippen LogP contribution in [0.2, 0.25) is 0 Å². The molecule has 2 aromatic rings. The first-order valence-corrected chi connectivity index (χ1v) is 11.5. The molecule has 1 fully saturated rings. The van der Waals surface area contributed by atoms with Crippen molar-refractivity contribution in [2.24, 2.45) is 11.7 Å². The van der Waals surface area contributed by atoms with Gasteiger partial charge in [0.1, 0.15) is 5.75 Å². The van der Waals surface area contributed by atoms with Crippen LogP contribution in [0.4, 0.5) is 5.69 Å². The number of anilines is 1. The van der Waals surface area contributed by atoms with Gasteiger partial charge in [-0.2, -0.15) is 0 Å². The van der Waals surface area contributed by atoms with Crippen molar-refractivity contribution in [3.63, 3.8) is 0 Å². The number of nitrogens with two attached hydrogens (primary N) is 1.